The molecule has 0 aliphatic heterocycles. The number of hydrogen-bond acceptors (Lipinski definition) is 8. The van der Waals surface area contributed by atoms with Crippen LogP contribution in [-0.2, 0) is 81.1 Å². The van der Waals surface area contributed by atoms with E-state index in [-0.39, 0.29) is 16.5 Å². The van der Waals surface area contributed by atoms with Crippen LogP contribution in [0, 0.1) is 0 Å². The smallest absolute Gasteiger partial charge is 0.169 e. The Bertz CT molecular complexity index is 937. The van der Waals surface area contributed by atoms with Crippen LogP contribution in [0.4, 0.5) is 0 Å². The minimum atomic E-state index is 0. The molecule has 0 bridgehead atoms. The Labute approximate surface area is 214 Å². The predicted molar refractivity (Wildman–Crippen MR) is 121 cm³/mol. The number of pyridine rings is 2. The molecule has 0 spiro atoms. The van der Waals surface area contributed by atoms with Crippen molar-refractivity contribution >= 4 is 50.5 Å². The minimum absolute atomic E-state index is 0. The molecule has 4 heterocycles. The molecule has 4 aromatic rings. The van der Waals surface area contributed by atoms with Crippen molar-refractivity contribution < 1.29 is 25.6 Å². The van der Waals surface area contributed by atoms with Crippen molar-refractivity contribution in [3.8, 4) is 11.1 Å². The van der Waals surface area contributed by atoms with Crippen LogP contribution >= 0.6 is 0 Å². The molecule has 0 atom stereocenters. The van der Waals surface area contributed by atoms with E-state index in [9.17, 15) is 0 Å². The molecule has 4 rings (SSSR count). The first-order valence-electron chi connectivity index (χ1n) is 8.58. The van der Waals surface area contributed by atoms with Crippen LogP contribution in [0.15, 0.2) is 93.9 Å². The van der Waals surface area contributed by atoms with E-state index in [1.54, 1.807) is 0 Å². The summed E-state index contributed by atoms with van der Waals surface area (Å²) in [6, 6.07) is 8.48. The van der Waals surface area contributed by atoms with Crippen molar-refractivity contribution in [2.24, 2.45) is 14.1 Å². The van der Waals surface area contributed by atoms with Gasteiger partial charge in [0.05, 0.1) is 0 Å². The van der Waals surface area contributed by atoms with Crippen molar-refractivity contribution in [2.75, 3.05) is 0 Å². The monoisotopic (exact) mass is 528 g/mol. The Balaban J connectivity index is 0.000000245. The molecule has 0 fully saturated rings. The van der Waals surface area contributed by atoms with Gasteiger partial charge in [0.2, 0.25) is 0 Å². The van der Waals surface area contributed by atoms with Crippen molar-refractivity contribution in [2.45, 2.75) is 20.1 Å². The van der Waals surface area contributed by atoms with Gasteiger partial charge in [-0.15, -0.1) is 0 Å². The quantitative estimate of drug-likeness (QED) is 0.210. The molecular weight excluding hydrogens is 511 g/mol. The predicted octanol–water partition coefficient (Wildman–Crippen LogP) is 1.58. The number of rotatable bonds is 1. The van der Waals surface area contributed by atoms with Gasteiger partial charge in [-0.25, -0.2) is 9.13 Å². The van der Waals surface area contributed by atoms with E-state index in [4.69, 9.17) is 0 Å². The first kappa shape index (κ1) is 26.9. The third-order valence-electron chi connectivity index (χ3n) is 3.56. The molecule has 0 aliphatic rings. The normalized spacial score (nSPS) is 9.23. The van der Waals surface area contributed by atoms with Gasteiger partial charge in [-0.1, -0.05) is 20.1 Å². The standard InChI is InChI=1S/C12H14N2.2C4H4N2S2.Ni/c1-13-7-3-11(4-8-13)12-5-9-14(2)10-6-12;2*7-3-4(8)6-2-1-5-3;/h3-10H,1-2H3;2*1-2H,(H,5,7)(H,6,8);/q+2;;;/p-4. The minimum Gasteiger partial charge on any atom is -0.760 e. The molecular formula is C20H18N6NiS4-2. The summed E-state index contributed by atoms with van der Waals surface area (Å²) in [5, 5.41) is 1.62. The fourth-order valence-electron chi connectivity index (χ4n) is 2.01. The molecule has 0 saturated heterocycles. The van der Waals surface area contributed by atoms with E-state index in [0.29, 0.717) is 20.1 Å². The van der Waals surface area contributed by atoms with Gasteiger partial charge in [-0.2, -0.15) is 0 Å². The summed E-state index contributed by atoms with van der Waals surface area (Å²) in [4.78, 5) is 14.9. The van der Waals surface area contributed by atoms with Crippen molar-refractivity contribution in [1.29, 1.82) is 0 Å². The molecule has 6 nitrogen and oxygen atoms in total. The van der Waals surface area contributed by atoms with Gasteiger partial charge in [-0.3, -0.25) is 19.9 Å². The van der Waals surface area contributed by atoms with Crippen LogP contribution < -0.4 is 9.13 Å². The molecule has 0 radical (unpaired) electrons. The first-order valence-corrected chi connectivity index (χ1v) is 10.2. The molecule has 0 aromatic carbocycles. The van der Waals surface area contributed by atoms with Gasteiger partial charge >= 0.3 is 0 Å². The third-order valence-corrected chi connectivity index (χ3v) is 5.01. The van der Waals surface area contributed by atoms with E-state index in [1.807, 2.05) is 23.2 Å². The summed E-state index contributed by atoms with van der Waals surface area (Å²) in [7, 11) is 4.05. The van der Waals surface area contributed by atoms with Crippen LogP contribution in [0.2, 0.25) is 0 Å². The summed E-state index contributed by atoms with van der Waals surface area (Å²) >= 11 is 18.7. The zero-order valence-corrected chi connectivity index (χ0v) is 20.8. The summed E-state index contributed by atoms with van der Waals surface area (Å²) in [5.41, 5.74) is 2.51. The summed E-state index contributed by atoms with van der Waals surface area (Å²) < 4.78 is 4.07. The Morgan fingerprint density at radius 1 is 0.516 bits per heavy atom. The van der Waals surface area contributed by atoms with Gasteiger partial charge < -0.3 is 50.5 Å². The Kier molecular flexibility index (Phi) is 12.1. The molecule has 31 heavy (non-hydrogen) atoms. The van der Waals surface area contributed by atoms with Gasteiger partial charge in [0.1, 0.15) is 14.1 Å². The van der Waals surface area contributed by atoms with E-state index < -0.39 is 0 Å². The average Bonchev–Trinajstić information content (AvgIpc) is 2.75. The van der Waals surface area contributed by atoms with E-state index in [0.717, 1.165) is 0 Å². The largest absolute Gasteiger partial charge is 0.760 e. The second-order valence-corrected chi connectivity index (χ2v) is 7.38. The zero-order valence-electron chi connectivity index (χ0n) is 16.6. The molecule has 0 aliphatic carbocycles. The van der Waals surface area contributed by atoms with E-state index >= 15 is 0 Å². The van der Waals surface area contributed by atoms with Crippen LogP contribution in [0.1, 0.15) is 0 Å². The van der Waals surface area contributed by atoms with Crippen LogP contribution in [0.25, 0.3) is 11.1 Å². The zero-order chi connectivity index (χ0) is 21.9. The Morgan fingerprint density at radius 2 is 0.742 bits per heavy atom. The number of aromatic nitrogens is 6. The van der Waals surface area contributed by atoms with Gasteiger partial charge in [0.25, 0.3) is 0 Å². The van der Waals surface area contributed by atoms with E-state index in [2.05, 4.69) is 120 Å². The summed E-state index contributed by atoms with van der Waals surface area (Å²) in [6.45, 7) is 0. The maximum Gasteiger partial charge on any atom is 0.169 e. The molecule has 164 valence electrons. The fourth-order valence-corrected chi connectivity index (χ4v) is 2.47. The number of nitrogens with zero attached hydrogens (tertiary/aromatic N) is 6. The Hall–Kier alpha value is -2.17. The van der Waals surface area contributed by atoms with Crippen molar-refractivity contribution in [3.05, 3.63) is 73.8 Å². The van der Waals surface area contributed by atoms with Gasteiger partial charge in [0, 0.05) is 65.5 Å². The van der Waals surface area contributed by atoms with E-state index in [1.165, 1.54) is 35.9 Å². The molecule has 0 N–H and O–H groups in total. The second-order valence-electron chi connectivity index (χ2n) is 5.84. The SMILES string of the molecule is C[n+]1ccc(-c2cc[n+](C)cc2)cc1.[Ni].[S-]c1nccnc1[S-].[S-]c1nccnc1[S-]. The van der Waals surface area contributed by atoms with Crippen LogP contribution in [0.3, 0.4) is 0 Å². The maximum atomic E-state index is 4.68. The van der Waals surface area contributed by atoms with Crippen LogP contribution in [-0.4, -0.2) is 19.9 Å². The molecule has 0 amide bonds. The van der Waals surface area contributed by atoms with Crippen LogP contribution in [0.5, 0.6) is 0 Å². The molecule has 0 saturated carbocycles. The molecule has 11 heteroatoms. The summed E-state index contributed by atoms with van der Waals surface area (Å²) in [6.07, 6.45) is 14.3. The van der Waals surface area contributed by atoms with Gasteiger partial charge in [0.15, 0.2) is 24.8 Å². The average molecular weight is 529 g/mol. The third kappa shape index (κ3) is 9.67. The fraction of sp³-hybridized carbons (Fsp3) is 0.100. The maximum absolute atomic E-state index is 4.68. The summed E-state index contributed by atoms with van der Waals surface area (Å²) in [5.74, 6) is 0. The Morgan fingerprint density at radius 3 is 0.935 bits per heavy atom. The molecule has 4 aromatic heterocycles. The topological polar surface area (TPSA) is 59.3 Å². The second kappa shape index (κ2) is 14.0. The molecule has 0 unspecified atom stereocenters. The first-order chi connectivity index (χ1) is 14.4. The number of aryl methyl sites for hydroxylation is 2. The van der Waals surface area contributed by atoms with Gasteiger partial charge in [-0.05, 0) is 11.1 Å². The number of hydrogen-bond donors (Lipinski definition) is 0. The van der Waals surface area contributed by atoms with Crippen molar-refractivity contribution in [3.63, 3.8) is 0 Å². The van der Waals surface area contributed by atoms with Crippen molar-refractivity contribution in [1.82, 2.24) is 19.9 Å².